The molecule has 2 rings (SSSR count). The van der Waals surface area contributed by atoms with E-state index in [1.165, 1.54) is 37.9 Å². The molecule has 1 atom stereocenters. The average Bonchev–Trinajstić information content (AvgIpc) is 2.53. The zero-order valence-corrected chi connectivity index (χ0v) is 13.1. The van der Waals surface area contributed by atoms with Crippen molar-refractivity contribution in [1.82, 2.24) is 10.2 Å². The second kappa shape index (κ2) is 7.65. The molecule has 0 saturated carbocycles. The van der Waals surface area contributed by atoms with Crippen LogP contribution >= 0.6 is 0 Å². The number of ether oxygens (including phenoxy) is 1. The third kappa shape index (κ3) is 3.97. The number of benzene rings is 1. The third-order valence-electron chi connectivity index (χ3n) is 4.57. The van der Waals surface area contributed by atoms with E-state index in [0.29, 0.717) is 6.04 Å². The Kier molecular flexibility index (Phi) is 5.86. The molecule has 1 N–H and O–H groups in total. The van der Waals surface area contributed by atoms with E-state index < -0.39 is 0 Å². The van der Waals surface area contributed by atoms with E-state index in [2.05, 4.69) is 35.3 Å². The lowest BCUT2D eigenvalue weighted by Crippen LogP contribution is -2.39. The van der Waals surface area contributed by atoms with Crippen molar-refractivity contribution < 1.29 is 4.74 Å². The number of likely N-dealkylation sites (tertiary alicyclic amines) is 1. The summed E-state index contributed by atoms with van der Waals surface area (Å²) < 4.78 is 5.33. The van der Waals surface area contributed by atoms with Crippen LogP contribution < -0.4 is 10.1 Å². The van der Waals surface area contributed by atoms with Crippen molar-refractivity contribution in [3.8, 4) is 5.75 Å². The minimum Gasteiger partial charge on any atom is -0.497 e. The van der Waals surface area contributed by atoms with Crippen LogP contribution in [0.2, 0.25) is 0 Å². The zero-order valence-electron chi connectivity index (χ0n) is 13.1. The Morgan fingerprint density at radius 3 is 2.70 bits per heavy atom. The molecule has 1 fully saturated rings. The van der Waals surface area contributed by atoms with Crippen molar-refractivity contribution in [1.29, 1.82) is 0 Å². The Balaban J connectivity index is 1.95. The topological polar surface area (TPSA) is 24.5 Å². The van der Waals surface area contributed by atoms with Gasteiger partial charge in [0.25, 0.3) is 0 Å². The predicted octanol–water partition coefficient (Wildman–Crippen LogP) is 3.08. The van der Waals surface area contributed by atoms with Crippen LogP contribution in [0.1, 0.15) is 37.8 Å². The molecule has 3 nitrogen and oxygen atoms in total. The molecule has 0 amide bonds. The van der Waals surface area contributed by atoms with Crippen LogP contribution in [0.15, 0.2) is 24.3 Å². The molecule has 1 heterocycles. The van der Waals surface area contributed by atoms with Crippen molar-refractivity contribution in [2.24, 2.45) is 5.92 Å². The number of hydrogen-bond acceptors (Lipinski definition) is 3. The van der Waals surface area contributed by atoms with Gasteiger partial charge >= 0.3 is 0 Å². The van der Waals surface area contributed by atoms with Gasteiger partial charge in [0.05, 0.1) is 7.11 Å². The molecule has 0 bridgehead atoms. The summed E-state index contributed by atoms with van der Waals surface area (Å²) in [4.78, 5) is 2.59. The van der Waals surface area contributed by atoms with Crippen molar-refractivity contribution in [3.05, 3.63) is 29.8 Å². The number of likely N-dealkylation sites (N-methyl/N-ethyl adjacent to an activating group) is 1. The number of piperidine rings is 1. The number of methoxy groups -OCH3 is 1. The highest BCUT2D eigenvalue weighted by Crippen LogP contribution is 2.24. The molecule has 0 aromatic heterocycles. The summed E-state index contributed by atoms with van der Waals surface area (Å²) in [6.07, 6.45) is 4.04. The lowest BCUT2D eigenvalue weighted by atomic mass is 9.94. The highest BCUT2D eigenvalue weighted by atomic mass is 16.5. The maximum absolute atomic E-state index is 5.33. The van der Waals surface area contributed by atoms with Gasteiger partial charge in [-0.25, -0.2) is 0 Å². The molecule has 1 aliphatic heterocycles. The second-order valence-electron chi connectivity index (χ2n) is 5.77. The van der Waals surface area contributed by atoms with Crippen LogP contribution in [0.4, 0.5) is 0 Å². The van der Waals surface area contributed by atoms with E-state index in [1.807, 2.05) is 13.1 Å². The number of rotatable bonds is 6. The highest BCUT2D eigenvalue weighted by molar-refractivity contribution is 5.30. The van der Waals surface area contributed by atoms with Gasteiger partial charge in [0, 0.05) is 12.6 Å². The minimum atomic E-state index is 0.378. The van der Waals surface area contributed by atoms with Crippen LogP contribution in [-0.2, 0) is 0 Å². The molecule has 20 heavy (non-hydrogen) atoms. The molecule has 112 valence electrons. The predicted molar refractivity (Wildman–Crippen MR) is 84.2 cm³/mol. The smallest absolute Gasteiger partial charge is 0.119 e. The van der Waals surface area contributed by atoms with E-state index in [0.717, 1.165) is 18.2 Å². The van der Waals surface area contributed by atoms with Crippen molar-refractivity contribution >= 4 is 0 Å². The summed E-state index contributed by atoms with van der Waals surface area (Å²) in [6, 6.07) is 8.77. The first-order valence-corrected chi connectivity index (χ1v) is 7.80. The maximum atomic E-state index is 5.33. The van der Waals surface area contributed by atoms with E-state index in [9.17, 15) is 0 Å². The van der Waals surface area contributed by atoms with E-state index >= 15 is 0 Å². The fourth-order valence-corrected chi connectivity index (χ4v) is 3.06. The monoisotopic (exact) mass is 276 g/mol. The Labute approximate surface area is 123 Å². The van der Waals surface area contributed by atoms with Crippen LogP contribution in [0.25, 0.3) is 0 Å². The first-order chi connectivity index (χ1) is 9.76. The Bertz CT molecular complexity index is 400. The SMILES string of the molecule is CCC1CCN(CC(NC)c2cccc(OC)c2)CC1. The fraction of sp³-hybridized carbons (Fsp3) is 0.647. The summed E-state index contributed by atoms with van der Waals surface area (Å²) in [6.45, 7) is 5.87. The molecule has 1 saturated heterocycles. The van der Waals surface area contributed by atoms with Gasteiger partial charge in [-0.15, -0.1) is 0 Å². The lowest BCUT2D eigenvalue weighted by Gasteiger charge is -2.34. The second-order valence-corrected chi connectivity index (χ2v) is 5.77. The molecular weight excluding hydrogens is 248 g/mol. The average molecular weight is 276 g/mol. The quantitative estimate of drug-likeness (QED) is 0.864. The van der Waals surface area contributed by atoms with E-state index in [-0.39, 0.29) is 0 Å². The minimum absolute atomic E-state index is 0.378. The van der Waals surface area contributed by atoms with Crippen molar-refractivity contribution in [3.63, 3.8) is 0 Å². The van der Waals surface area contributed by atoms with Gasteiger partial charge in [0.15, 0.2) is 0 Å². The van der Waals surface area contributed by atoms with Gasteiger partial charge in [-0.2, -0.15) is 0 Å². The molecule has 0 spiro atoms. The largest absolute Gasteiger partial charge is 0.497 e. The third-order valence-corrected chi connectivity index (χ3v) is 4.57. The Hall–Kier alpha value is -1.06. The van der Waals surface area contributed by atoms with Crippen molar-refractivity contribution in [2.75, 3.05) is 33.8 Å². The summed E-state index contributed by atoms with van der Waals surface area (Å²) in [5, 5.41) is 3.44. The summed E-state index contributed by atoms with van der Waals surface area (Å²) in [5.41, 5.74) is 1.31. The summed E-state index contributed by atoms with van der Waals surface area (Å²) >= 11 is 0. The van der Waals surface area contributed by atoms with Crippen molar-refractivity contribution in [2.45, 2.75) is 32.2 Å². The Morgan fingerprint density at radius 2 is 2.10 bits per heavy atom. The highest BCUT2D eigenvalue weighted by Gasteiger charge is 2.21. The first kappa shape index (κ1) is 15.3. The van der Waals surface area contributed by atoms with E-state index in [4.69, 9.17) is 4.74 Å². The standard InChI is InChI=1S/C17H28N2O/c1-4-14-8-10-19(11-9-14)13-17(18-2)15-6-5-7-16(12-15)20-3/h5-7,12,14,17-18H,4,8-11,13H2,1-3H3. The summed E-state index contributed by atoms with van der Waals surface area (Å²) in [7, 11) is 3.77. The molecule has 1 aliphatic rings. The van der Waals surface area contributed by atoms with Gasteiger partial charge in [0.2, 0.25) is 0 Å². The lowest BCUT2D eigenvalue weighted by molar-refractivity contribution is 0.168. The molecule has 1 aromatic rings. The van der Waals surface area contributed by atoms with Crippen LogP contribution in [-0.4, -0.2) is 38.7 Å². The van der Waals surface area contributed by atoms with E-state index in [1.54, 1.807) is 7.11 Å². The van der Waals surface area contributed by atoms with Gasteiger partial charge < -0.3 is 15.0 Å². The normalized spacial score (nSPS) is 18.9. The molecule has 0 radical (unpaired) electrons. The molecule has 3 heteroatoms. The molecule has 1 unspecified atom stereocenters. The zero-order chi connectivity index (χ0) is 14.4. The first-order valence-electron chi connectivity index (χ1n) is 7.80. The molecular formula is C17H28N2O. The molecule has 1 aromatic carbocycles. The van der Waals surface area contributed by atoms with Gasteiger partial charge in [-0.3, -0.25) is 0 Å². The maximum Gasteiger partial charge on any atom is 0.119 e. The molecule has 0 aliphatic carbocycles. The van der Waals surface area contributed by atoms with Gasteiger partial charge in [-0.1, -0.05) is 25.5 Å². The summed E-state index contributed by atoms with van der Waals surface area (Å²) in [5.74, 6) is 1.88. The van der Waals surface area contributed by atoms with Crippen LogP contribution in [0.5, 0.6) is 5.75 Å². The van der Waals surface area contributed by atoms with Crippen LogP contribution in [0, 0.1) is 5.92 Å². The number of nitrogens with one attached hydrogen (secondary N) is 1. The van der Waals surface area contributed by atoms with Crippen LogP contribution in [0.3, 0.4) is 0 Å². The fourth-order valence-electron chi connectivity index (χ4n) is 3.06. The number of hydrogen-bond donors (Lipinski definition) is 1. The number of nitrogens with zero attached hydrogens (tertiary/aromatic N) is 1. The van der Waals surface area contributed by atoms with Gasteiger partial charge in [0.1, 0.15) is 5.75 Å². The van der Waals surface area contributed by atoms with Gasteiger partial charge in [-0.05, 0) is 56.6 Å². The Morgan fingerprint density at radius 1 is 1.35 bits per heavy atom.